The van der Waals surface area contributed by atoms with Crippen molar-refractivity contribution in [3.63, 3.8) is 0 Å². The number of imidazole rings is 1. The third kappa shape index (κ3) is 2.79. The highest BCUT2D eigenvalue weighted by atomic mass is 19.1. The first-order chi connectivity index (χ1) is 11.0. The van der Waals surface area contributed by atoms with Crippen molar-refractivity contribution >= 4 is 11.6 Å². The molecule has 23 heavy (non-hydrogen) atoms. The zero-order valence-corrected chi connectivity index (χ0v) is 13.0. The average Bonchev–Trinajstić information content (AvgIpc) is 3.08. The summed E-state index contributed by atoms with van der Waals surface area (Å²) in [5.41, 5.74) is 1.06. The smallest absolute Gasteiger partial charge is 0.275 e. The van der Waals surface area contributed by atoms with Gasteiger partial charge in [0, 0.05) is 6.20 Å². The lowest BCUT2D eigenvalue weighted by Crippen LogP contribution is -2.29. The predicted molar refractivity (Wildman–Crippen MR) is 79.4 cm³/mol. The molecule has 8 heteroatoms. The van der Waals surface area contributed by atoms with Crippen LogP contribution in [0.4, 0.5) is 4.39 Å². The normalized spacial score (nSPS) is 12.5. The molecule has 3 aromatic rings. The Balaban J connectivity index is 1.89. The van der Waals surface area contributed by atoms with Gasteiger partial charge in [-0.05, 0) is 38.0 Å². The molecule has 0 bridgehead atoms. The molecule has 0 fully saturated rings. The molecule has 1 amide bonds. The lowest BCUT2D eigenvalue weighted by Gasteiger charge is -2.11. The number of amides is 1. The van der Waals surface area contributed by atoms with E-state index < -0.39 is 17.9 Å². The molecule has 120 valence electrons. The first kappa shape index (κ1) is 15.1. The van der Waals surface area contributed by atoms with Crippen LogP contribution in [0.1, 0.15) is 47.2 Å². The van der Waals surface area contributed by atoms with E-state index in [1.54, 1.807) is 25.3 Å². The molecular formula is C15H16FN5O2. The van der Waals surface area contributed by atoms with Crippen LogP contribution in [-0.4, -0.2) is 25.4 Å². The van der Waals surface area contributed by atoms with Crippen molar-refractivity contribution in [3.05, 3.63) is 47.2 Å². The molecular weight excluding hydrogens is 301 g/mol. The van der Waals surface area contributed by atoms with Crippen LogP contribution in [0.3, 0.4) is 0 Å². The molecule has 0 spiro atoms. The number of carbonyl (C=O) groups is 1. The second-order valence-electron chi connectivity index (χ2n) is 5.30. The van der Waals surface area contributed by atoms with Crippen LogP contribution in [0.5, 0.6) is 0 Å². The van der Waals surface area contributed by atoms with Crippen molar-refractivity contribution in [2.45, 2.75) is 33.2 Å². The van der Waals surface area contributed by atoms with Gasteiger partial charge in [-0.25, -0.2) is 4.98 Å². The van der Waals surface area contributed by atoms with Crippen LogP contribution in [0.25, 0.3) is 5.65 Å². The summed E-state index contributed by atoms with van der Waals surface area (Å²) in [6, 6.07) is 2.96. The molecule has 0 saturated heterocycles. The molecule has 0 radical (unpaired) electrons. The minimum absolute atomic E-state index is 0.259. The summed E-state index contributed by atoms with van der Waals surface area (Å²) in [5, 5.41) is 6.37. The Morgan fingerprint density at radius 1 is 1.43 bits per heavy atom. The highest BCUT2D eigenvalue weighted by Crippen LogP contribution is 2.17. The fraction of sp³-hybridized carbons (Fsp3) is 0.333. The van der Waals surface area contributed by atoms with E-state index in [1.807, 2.05) is 13.8 Å². The summed E-state index contributed by atoms with van der Waals surface area (Å²) >= 11 is 0. The number of rotatable bonds is 4. The maximum Gasteiger partial charge on any atom is 0.275 e. The highest BCUT2D eigenvalue weighted by Gasteiger charge is 2.24. The third-order valence-corrected chi connectivity index (χ3v) is 3.49. The molecule has 3 rings (SSSR count). The zero-order chi connectivity index (χ0) is 16.6. The summed E-state index contributed by atoms with van der Waals surface area (Å²) in [4.78, 5) is 20.5. The molecule has 1 N–H and O–H groups in total. The molecule has 3 aromatic heterocycles. The summed E-state index contributed by atoms with van der Waals surface area (Å²) in [5.74, 6) is -0.555. The van der Waals surface area contributed by atoms with E-state index in [9.17, 15) is 9.18 Å². The number of pyridine rings is 1. The van der Waals surface area contributed by atoms with Crippen LogP contribution in [-0.2, 0) is 0 Å². The van der Waals surface area contributed by atoms with Gasteiger partial charge in [-0.3, -0.25) is 9.20 Å². The molecule has 7 nitrogen and oxygen atoms in total. The van der Waals surface area contributed by atoms with Crippen molar-refractivity contribution < 1.29 is 13.7 Å². The Labute approximate surface area is 131 Å². The van der Waals surface area contributed by atoms with Crippen molar-refractivity contribution in [1.82, 2.24) is 24.8 Å². The van der Waals surface area contributed by atoms with Crippen molar-refractivity contribution in [2.75, 3.05) is 0 Å². The number of fused-ring (bicyclic) bond motifs is 1. The van der Waals surface area contributed by atoms with Gasteiger partial charge in [-0.1, -0.05) is 12.1 Å². The molecule has 0 aromatic carbocycles. The summed E-state index contributed by atoms with van der Waals surface area (Å²) < 4.78 is 20.7. The Kier molecular flexibility index (Phi) is 3.81. The summed E-state index contributed by atoms with van der Waals surface area (Å²) in [7, 11) is 0. The highest BCUT2D eigenvalue weighted by molar-refractivity contribution is 5.93. The van der Waals surface area contributed by atoms with E-state index in [4.69, 9.17) is 4.52 Å². The van der Waals surface area contributed by atoms with Crippen LogP contribution in [0.2, 0.25) is 0 Å². The number of hydrogen-bond donors (Lipinski definition) is 1. The fourth-order valence-electron chi connectivity index (χ4n) is 2.28. The number of hydrogen-bond acceptors (Lipinski definition) is 5. The predicted octanol–water partition coefficient (Wildman–Crippen LogP) is 2.35. The zero-order valence-electron chi connectivity index (χ0n) is 13.0. The van der Waals surface area contributed by atoms with Gasteiger partial charge in [0.15, 0.2) is 11.5 Å². The first-order valence-corrected chi connectivity index (χ1v) is 7.25. The Hall–Kier alpha value is -2.77. The third-order valence-electron chi connectivity index (χ3n) is 3.49. The maximum atomic E-state index is 14.4. The van der Waals surface area contributed by atoms with Crippen molar-refractivity contribution in [3.8, 4) is 0 Å². The van der Waals surface area contributed by atoms with Gasteiger partial charge in [-0.15, -0.1) is 0 Å². The van der Waals surface area contributed by atoms with Crippen LogP contribution in [0.15, 0.2) is 22.9 Å². The Morgan fingerprint density at radius 2 is 2.22 bits per heavy atom. The molecule has 0 aliphatic rings. The SMILES string of the molecule is CC[C@H](NC(=O)c1nc2cc(C)ccn2c1F)c1nc(C)no1. The number of nitrogens with zero attached hydrogens (tertiary/aromatic N) is 4. The number of nitrogens with one attached hydrogen (secondary N) is 1. The van der Waals surface area contributed by atoms with Crippen molar-refractivity contribution in [2.24, 2.45) is 0 Å². The minimum Gasteiger partial charge on any atom is -0.339 e. The molecule has 0 aliphatic heterocycles. The van der Waals surface area contributed by atoms with Crippen LogP contribution >= 0.6 is 0 Å². The second-order valence-corrected chi connectivity index (χ2v) is 5.30. The van der Waals surface area contributed by atoms with Gasteiger partial charge in [0.2, 0.25) is 11.8 Å². The topological polar surface area (TPSA) is 85.3 Å². The lowest BCUT2D eigenvalue weighted by molar-refractivity contribution is 0.0918. The number of carbonyl (C=O) groups excluding carboxylic acids is 1. The van der Waals surface area contributed by atoms with Crippen LogP contribution < -0.4 is 5.32 Å². The van der Waals surface area contributed by atoms with E-state index in [-0.39, 0.29) is 5.69 Å². The number of halogens is 1. The summed E-state index contributed by atoms with van der Waals surface area (Å²) in [6.07, 6.45) is 2.07. The van der Waals surface area contributed by atoms with Gasteiger partial charge in [0.25, 0.3) is 5.91 Å². The first-order valence-electron chi connectivity index (χ1n) is 7.25. The minimum atomic E-state index is -0.700. The van der Waals surface area contributed by atoms with E-state index >= 15 is 0 Å². The van der Waals surface area contributed by atoms with E-state index in [0.717, 1.165) is 5.56 Å². The van der Waals surface area contributed by atoms with Gasteiger partial charge in [0.1, 0.15) is 11.7 Å². The fourth-order valence-corrected chi connectivity index (χ4v) is 2.28. The molecule has 3 heterocycles. The molecule has 0 saturated carbocycles. The van der Waals surface area contributed by atoms with E-state index in [1.165, 1.54) is 4.40 Å². The van der Waals surface area contributed by atoms with E-state index in [2.05, 4.69) is 20.4 Å². The van der Waals surface area contributed by atoms with E-state index in [0.29, 0.717) is 23.8 Å². The van der Waals surface area contributed by atoms with Crippen molar-refractivity contribution in [1.29, 1.82) is 0 Å². The van der Waals surface area contributed by atoms with Gasteiger partial charge in [-0.2, -0.15) is 9.37 Å². The number of aryl methyl sites for hydroxylation is 2. The molecule has 1 atom stereocenters. The maximum absolute atomic E-state index is 14.4. The largest absolute Gasteiger partial charge is 0.339 e. The average molecular weight is 317 g/mol. The van der Waals surface area contributed by atoms with Gasteiger partial charge in [0.05, 0.1) is 0 Å². The monoisotopic (exact) mass is 317 g/mol. The Bertz CT molecular complexity index is 870. The molecule has 0 aliphatic carbocycles. The lowest BCUT2D eigenvalue weighted by atomic mass is 10.2. The Morgan fingerprint density at radius 3 is 2.87 bits per heavy atom. The number of aromatic nitrogens is 4. The quantitative estimate of drug-likeness (QED) is 0.798. The van der Waals surface area contributed by atoms with Gasteiger partial charge < -0.3 is 9.84 Å². The standard InChI is InChI=1S/C15H16FN5O2/c1-4-10(15-17-9(3)20-23-15)18-14(22)12-13(16)21-6-5-8(2)7-11(21)19-12/h5-7,10H,4H2,1-3H3,(H,18,22)/t10-/m0/s1. The van der Waals surface area contributed by atoms with Crippen LogP contribution in [0, 0.1) is 19.8 Å². The summed E-state index contributed by atoms with van der Waals surface area (Å²) in [6.45, 7) is 5.41. The molecule has 0 unspecified atom stereocenters. The second kappa shape index (κ2) is 5.79. The van der Waals surface area contributed by atoms with Gasteiger partial charge >= 0.3 is 0 Å².